The van der Waals surface area contributed by atoms with Gasteiger partial charge in [-0.1, -0.05) is 30.0 Å². The van der Waals surface area contributed by atoms with Gasteiger partial charge in [0.05, 0.1) is 5.39 Å². The molecule has 0 atom stereocenters. The van der Waals surface area contributed by atoms with Gasteiger partial charge in [0.15, 0.2) is 5.16 Å². The van der Waals surface area contributed by atoms with E-state index in [0.717, 1.165) is 20.8 Å². The van der Waals surface area contributed by atoms with Crippen LogP contribution in [-0.2, 0) is 12.8 Å². The predicted molar refractivity (Wildman–Crippen MR) is 104 cm³/mol. The minimum atomic E-state index is -0.250. The Balaban J connectivity index is 1.70. The van der Waals surface area contributed by atoms with E-state index in [1.165, 1.54) is 35.2 Å². The molecule has 3 nitrogen and oxygen atoms in total. The van der Waals surface area contributed by atoms with Crippen LogP contribution in [0.3, 0.4) is 0 Å². The monoisotopic (exact) mass is 388 g/mol. The van der Waals surface area contributed by atoms with E-state index in [1.54, 1.807) is 35.1 Å². The average molecular weight is 389 g/mol. The van der Waals surface area contributed by atoms with E-state index in [0.29, 0.717) is 16.3 Å². The third-order valence-electron chi connectivity index (χ3n) is 3.84. The Labute approximate surface area is 155 Å². The smallest absolute Gasteiger partial charge is 0.263 e. The molecular formula is C18H13FN2OS3. The Hall–Kier alpha value is -1.96. The molecule has 0 N–H and O–H groups in total. The van der Waals surface area contributed by atoms with Gasteiger partial charge in [-0.15, -0.1) is 22.7 Å². The third kappa shape index (κ3) is 3.15. The van der Waals surface area contributed by atoms with Gasteiger partial charge in [0.1, 0.15) is 10.6 Å². The van der Waals surface area contributed by atoms with Crippen LogP contribution in [0.15, 0.2) is 57.1 Å². The fourth-order valence-corrected chi connectivity index (χ4v) is 5.25. The highest BCUT2D eigenvalue weighted by molar-refractivity contribution is 7.98. The predicted octanol–water partition coefficient (Wildman–Crippen LogP) is 5.15. The molecule has 0 unspecified atom stereocenters. The minimum Gasteiger partial charge on any atom is -0.290 e. The molecule has 0 aliphatic rings. The molecule has 0 spiro atoms. The minimum absolute atomic E-state index is 0.0312. The van der Waals surface area contributed by atoms with Crippen molar-refractivity contribution in [1.82, 2.24) is 9.55 Å². The van der Waals surface area contributed by atoms with Crippen molar-refractivity contribution in [2.45, 2.75) is 10.9 Å². The molecule has 126 valence electrons. The van der Waals surface area contributed by atoms with E-state index in [1.807, 2.05) is 22.9 Å². The standard InChI is InChI=1S/C18H13FN2OS3/c1-21-17(22)15-13(14-3-2-8-23-14)10-24-16(15)20-18(21)25-9-11-4-6-12(19)7-5-11/h2-8,10H,9H2,1H3. The van der Waals surface area contributed by atoms with E-state index < -0.39 is 0 Å². The van der Waals surface area contributed by atoms with Crippen molar-refractivity contribution < 1.29 is 4.39 Å². The van der Waals surface area contributed by atoms with Crippen LogP contribution in [0.4, 0.5) is 4.39 Å². The van der Waals surface area contributed by atoms with Crippen LogP contribution in [0.5, 0.6) is 0 Å². The van der Waals surface area contributed by atoms with Gasteiger partial charge >= 0.3 is 0 Å². The van der Waals surface area contributed by atoms with Crippen molar-refractivity contribution in [3.63, 3.8) is 0 Å². The van der Waals surface area contributed by atoms with Crippen LogP contribution < -0.4 is 5.56 Å². The third-order valence-corrected chi connectivity index (χ3v) is 6.72. The fraction of sp³-hybridized carbons (Fsp3) is 0.111. The Morgan fingerprint density at radius 2 is 2.00 bits per heavy atom. The maximum atomic E-state index is 13.0. The van der Waals surface area contributed by atoms with E-state index in [4.69, 9.17) is 0 Å². The molecule has 1 aromatic carbocycles. The zero-order chi connectivity index (χ0) is 17.4. The lowest BCUT2D eigenvalue weighted by atomic mass is 10.2. The molecule has 0 radical (unpaired) electrons. The molecule has 0 aliphatic carbocycles. The van der Waals surface area contributed by atoms with Gasteiger partial charge in [-0.3, -0.25) is 9.36 Å². The lowest BCUT2D eigenvalue weighted by molar-refractivity contribution is 0.627. The summed E-state index contributed by atoms with van der Waals surface area (Å²) in [5, 5.41) is 5.35. The number of benzene rings is 1. The largest absolute Gasteiger partial charge is 0.290 e. The summed E-state index contributed by atoms with van der Waals surface area (Å²) in [7, 11) is 1.75. The van der Waals surface area contributed by atoms with Gasteiger partial charge in [0.2, 0.25) is 0 Å². The van der Waals surface area contributed by atoms with Gasteiger partial charge in [-0.05, 0) is 29.1 Å². The molecule has 4 aromatic rings. The summed E-state index contributed by atoms with van der Waals surface area (Å²) in [6.07, 6.45) is 0. The zero-order valence-corrected chi connectivity index (χ0v) is 15.7. The zero-order valence-electron chi connectivity index (χ0n) is 13.2. The molecule has 3 heterocycles. The highest BCUT2D eigenvalue weighted by Gasteiger charge is 2.16. The number of nitrogens with zero attached hydrogens (tertiary/aromatic N) is 2. The van der Waals surface area contributed by atoms with Crippen LogP contribution in [0, 0.1) is 5.82 Å². The highest BCUT2D eigenvalue weighted by Crippen LogP contribution is 2.34. The molecule has 25 heavy (non-hydrogen) atoms. The Kier molecular flexibility index (Phi) is 4.45. The number of rotatable bonds is 4. The quantitative estimate of drug-likeness (QED) is 0.358. The Bertz CT molecular complexity index is 1080. The summed E-state index contributed by atoms with van der Waals surface area (Å²) < 4.78 is 14.6. The molecule has 7 heteroatoms. The molecule has 0 amide bonds. The van der Waals surface area contributed by atoms with Crippen molar-refractivity contribution in [2.24, 2.45) is 7.05 Å². The summed E-state index contributed by atoms with van der Waals surface area (Å²) in [5.74, 6) is 0.385. The highest BCUT2D eigenvalue weighted by atomic mass is 32.2. The number of thioether (sulfide) groups is 1. The number of hydrogen-bond acceptors (Lipinski definition) is 5. The lowest BCUT2D eigenvalue weighted by Crippen LogP contribution is -2.19. The van der Waals surface area contributed by atoms with Crippen molar-refractivity contribution in [3.8, 4) is 10.4 Å². The summed E-state index contributed by atoms with van der Waals surface area (Å²) in [5.41, 5.74) is 1.92. The van der Waals surface area contributed by atoms with Gasteiger partial charge < -0.3 is 0 Å². The van der Waals surface area contributed by atoms with Gasteiger partial charge in [-0.2, -0.15) is 0 Å². The van der Waals surface area contributed by atoms with Crippen molar-refractivity contribution in [3.05, 3.63) is 68.9 Å². The maximum Gasteiger partial charge on any atom is 0.263 e. The maximum absolute atomic E-state index is 13.0. The fourth-order valence-electron chi connectivity index (χ4n) is 2.52. The number of fused-ring (bicyclic) bond motifs is 1. The van der Waals surface area contributed by atoms with Crippen LogP contribution >= 0.6 is 34.4 Å². The second-order valence-electron chi connectivity index (χ2n) is 5.48. The summed E-state index contributed by atoms with van der Waals surface area (Å²) in [6, 6.07) is 10.4. The molecule has 3 aromatic heterocycles. The molecule has 0 bridgehead atoms. The van der Waals surface area contributed by atoms with Gasteiger partial charge in [0.25, 0.3) is 5.56 Å². The van der Waals surface area contributed by atoms with E-state index in [2.05, 4.69) is 4.98 Å². The van der Waals surface area contributed by atoms with Crippen LogP contribution in [0.25, 0.3) is 20.7 Å². The topological polar surface area (TPSA) is 34.9 Å². The first kappa shape index (κ1) is 16.5. The lowest BCUT2D eigenvalue weighted by Gasteiger charge is -2.07. The summed E-state index contributed by atoms with van der Waals surface area (Å²) >= 11 is 4.59. The van der Waals surface area contributed by atoms with Crippen molar-refractivity contribution >= 4 is 44.7 Å². The first-order valence-electron chi connectivity index (χ1n) is 7.53. The molecule has 4 rings (SSSR count). The molecule has 0 fully saturated rings. The number of hydrogen-bond donors (Lipinski definition) is 0. The van der Waals surface area contributed by atoms with Gasteiger partial charge in [-0.25, -0.2) is 9.37 Å². The van der Waals surface area contributed by atoms with Crippen LogP contribution in [0.2, 0.25) is 0 Å². The molecule has 0 aliphatic heterocycles. The number of halogens is 1. The van der Waals surface area contributed by atoms with Crippen LogP contribution in [0.1, 0.15) is 5.56 Å². The average Bonchev–Trinajstić information content (AvgIpc) is 3.27. The van der Waals surface area contributed by atoms with E-state index in [9.17, 15) is 9.18 Å². The number of aromatic nitrogens is 2. The SMILES string of the molecule is Cn1c(SCc2ccc(F)cc2)nc2scc(-c3cccs3)c2c1=O. The Morgan fingerprint density at radius 1 is 1.20 bits per heavy atom. The normalized spacial score (nSPS) is 11.3. The van der Waals surface area contributed by atoms with E-state index in [-0.39, 0.29) is 11.4 Å². The van der Waals surface area contributed by atoms with Crippen molar-refractivity contribution in [2.75, 3.05) is 0 Å². The van der Waals surface area contributed by atoms with Gasteiger partial charge in [0, 0.05) is 28.6 Å². The number of thiophene rings is 2. The molecule has 0 saturated heterocycles. The first-order chi connectivity index (χ1) is 12.1. The summed E-state index contributed by atoms with van der Waals surface area (Å²) in [4.78, 5) is 19.4. The van der Waals surface area contributed by atoms with E-state index >= 15 is 0 Å². The van der Waals surface area contributed by atoms with Crippen LogP contribution in [-0.4, -0.2) is 9.55 Å². The first-order valence-corrected chi connectivity index (χ1v) is 10.3. The second-order valence-corrected chi connectivity index (χ2v) is 8.23. The molecular weight excluding hydrogens is 375 g/mol. The van der Waals surface area contributed by atoms with Crippen molar-refractivity contribution in [1.29, 1.82) is 0 Å². The second kappa shape index (κ2) is 6.74. The summed E-state index contributed by atoms with van der Waals surface area (Å²) in [6.45, 7) is 0. The molecule has 0 saturated carbocycles. The Morgan fingerprint density at radius 3 is 2.72 bits per heavy atom.